The monoisotopic (exact) mass is 536 g/mol. The molecular formula is C28H37FN8O2. The van der Waals surface area contributed by atoms with Crippen molar-refractivity contribution in [3.63, 3.8) is 0 Å². The molecule has 0 radical (unpaired) electrons. The summed E-state index contributed by atoms with van der Waals surface area (Å²) in [7, 11) is 1.72. The highest BCUT2D eigenvalue weighted by Crippen LogP contribution is 2.31. The van der Waals surface area contributed by atoms with Crippen LogP contribution in [0, 0.1) is 0 Å². The van der Waals surface area contributed by atoms with E-state index in [0.717, 1.165) is 40.8 Å². The number of nitrogens with one attached hydrogen (secondary N) is 3. The predicted octanol–water partition coefficient (Wildman–Crippen LogP) is 2.56. The van der Waals surface area contributed by atoms with Crippen molar-refractivity contribution in [3.05, 3.63) is 65.6 Å². The maximum Gasteiger partial charge on any atom is 0.290 e. The molecule has 1 atom stereocenters. The number of hydrazine groups is 1. The second-order valence-corrected chi connectivity index (χ2v) is 10.3. The number of benzene rings is 1. The van der Waals surface area contributed by atoms with Gasteiger partial charge in [-0.1, -0.05) is 30.8 Å². The van der Waals surface area contributed by atoms with Gasteiger partial charge in [-0.05, 0) is 55.9 Å². The highest BCUT2D eigenvalue weighted by atomic mass is 19.1. The molecule has 10 nitrogen and oxygen atoms in total. The Kier molecular flexibility index (Phi) is 8.93. The Morgan fingerprint density at radius 3 is 2.87 bits per heavy atom. The van der Waals surface area contributed by atoms with Gasteiger partial charge in [0.15, 0.2) is 5.83 Å². The van der Waals surface area contributed by atoms with Crippen molar-refractivity contribution in [2.24, 2.45) is 15.7 Å². The zero-order valence-electron chi connectivity index (χ0n) is 22.8. The molecule has 1 aromatic heterocycles. The zero-order chi connectivity index (χ0) is 28.0. The number of fused-ring (bicyclic) bond motifs is 1. The molecule has 1 saturated heterocycles. The molecule has 1 aromatic carbocycles. The quantitative estimate of drug-likeness (QED) is 0.193. The molecule has 0 bridgehead atoms. The summed E-state index contributed by atoms with van der Waals surface area (Å²) in [4.78, 5) is 27.2. The van der Waals surface area contributed by atoms with E-state index in [-0.39, 0.29) is 23.6 Å². The summed E-state index contributed by atoms with van der Waals surface area (Å²) in [5, 5.41) is 3.46. The first-order valence-corrected chi connectivity index (χ1v) is 13.1. The first kappa shape index (κ1) is 28.2. The number of guanidine groups is 1. The summed E-state index contributed by atoms with van der Waals surface area (Å²) < 4.78 is 19.3. The number of ether oxygens (including phenoxy) is 1. The molecule has 1 fully saturated rings. The normalized spacial score (nSPS) is 19.3. The van der Waals surface area contributed by atoms with E-state index in [4.69, 9.17) is 10.5 Å². The minimum Gasteiger partial charge on any atom is -0.460 e. The lowest BCUT2D eigenvalue weighted by Crippen LogP contribution is -2.50. The Morgan fingerprint density at radius 1 is 1.36 bits per heavy atom. The second kappa shape index (κ2) is 12.4. The van der Waals surface area contributed by atoms with Gasteiger partial charge in [0, 0.05) is 44.0 Å². The molecule has 0 spiro atoms. The van der Waals surface area contributed by atoms with Gasteiger partial charge in [0.2, 0.25) is 5.96 Å². The van der Waals surface area contributed by atoms with Crippen LogP contribution in [-0.4, -0.2) is 59.6 Å². The van der Waals surface area contributed by atoms with Crippen LogP contribution < -0.4 is 21.9 Å². The van der Waals surface area contributed by atoms with E-state index in [0.29, 0.717) is 32.6 Å². The van der Waals surface area contributed by atoms with Crippen molar-refractivity contribution in [3.8, 4) is 11.3 Å². The van der Waals surface area contributed by atoms with Crippen LogP contribution in [-0.2, 0) is 29.0 Å². The fraction of sp³-hybridized carbons (Fsp3) is 0.429. The number of carbonyl (C=O) groups excluding carboxylic acids is 1. The summed E-state index contributed by atoms with van der Waals surface area (Å²) in [6.07, 6.45) is 4.09. The van der Waals surface area contributed by atoms with Crippen molar-refractivity contribution >= 4 is 17.9 Å². The summed E-state index contributed by atoms with van der Waals surface area (Å²) >= 11 is 0. The lowest BCUT2D eigenvalue weighted by molar-refractivity contribution is -0.129. The molecule has 1 unspecified atom stereocenters. The van der Waals surface area contributed by atoms with Crippen LogP contribution in [0.15, 0.2) is 58.9 Å². The smallest absolute Gasteiger partial charge is 0.290 e. The van der Waals surface area contributed by atoms with E-state index in [9.17, 15) is 9.18 Å². The van der Waals surface area contributed by atoms with Crippen LogP contribution >= 0.6 is 0 Å². The molecule has 0 aliphatic carbocycles. The van der Waals surface area contributed by atoms with Gasteiger partial charge < -0.3 is 20.7 Å². The van der Waals surface area contributed by atoms with Crippen LogP contribution in [0.3, 0.4) is 0 Å². The van der Waals surface area contributed by atoms with Gasteiger partial charge in [-0.3, -0.25) is 15.2 Å². The largest absolute Gasteiger partial charge is 0.460 e. The van der Waals surface area contributed by atoms with E-state index in [2.05, 4.69) is 51.6 Å². The van der Waals surface area contributed by atoms with Gasteiger partial charge in [0.1, 0.15) is 6.10 Å². The Labute approximate surface area is 228 Å². The number of aliphatic imine (C=N–C) groups is 2. The van der Waals surface area contributed by atoms with E-state index in [1.807, 2.05) is 30.3 Å². The number of hydrogen-bond acceptors (Lipinski definition) is 6. The first-order chi connectivity index (χ1) is 18.7. The molecular weight excluding hydrogens is 499 g/mol. The highest BCUT2D eigenvalue weighted by Gasteiger charge is 2.28. The van der Waals surface area contributed by atoms with Crippen molar-refractivity contribution in [1.82, 2.24) is 26.1 Å². The van der Waals surface area contributed by atoms with Crippen LogP contribution in [0.5, 0.6) is 0 Å². The number of halogens is 1. The van der Waals surface area contributed by atoms with E-state index in [1.165, 1.54) is 4.90 Å². The Balaban J connectivity index is 1.52. The lowest BCUT2D eigenvalue weighted by atomic mass is 9.92. The number of hydrogen-bond donors (Lipinski definition) is 4. The standard InChI is InChI=1S/C28H37FN8O2/c1-18(29)25(38)37-14-11-23-20(17-37)10-13-32-24(23)22-8-6-5-7-19(22)15-33-27(36-31-4)35-26(30)39-21-9-12-28(2,3)34-16-21/h5-8,10,13,21,31,34H,1,9,11-12,14-17H2,2-4H3,(H3,30,33,35,36). The molecule has 2 aliphatic rings. The summed E-state index contributed by atoms with van der Waals surface area (Å²) in [6.45, 7) is 9.20. The number of nitrogens with two attached hydrogens (primary N) is 1. The van der Waals surface area contributed by atoms with E-state index >= 15 is 0 Å². The summed E-state index contributed by atoms with van der Waals surface area (Å²) in [5.74, 6) is -1.33. The lowest BCUT2D eigenvalue weighted by Gasteiger charge is -2.35. The topological polar surface area (TPSA) is 129 Å². The number of amides is 1. The maximum absolute atomic E-state index is 13.4. The third-order valence-electron chi connectivity index (χ3n) is 6.98. The second-order valence-electron chi connectivity index (χ2n) is 10.3. The minimum absolute atomic E-state index is 0.0464. The minimum atomic E-state index is -0.949. The van der Waals surface area contributed by atoms with Crippen LogP contribution in [0.25, 0.3) is 11.3 Å². The third kappa shape index (κ3) is 7.18. The van der Waals surface area contributed by atoms with Gasteiger partial charge in [-0.15, -0.1) is 0 Å². The average Bonchev–Trinajstić information content (AvgIpc) is 2.92. The van der Waals surface area contributed by atoms with Crippen LogP contribution in [0.1, 0.15) is 43.4 Å². The molecule has 2 aromatic rings. The van der Waals surface area contributed by atoms with Gasteiger partial charge in [0.25, 0.3) is 11.9 Å². The van der Waals surface area contributed by atoms with Crippen molar-refractivity contribution in [2.75, 3.05) is 20.1 Å². The number of pyridine rings is 1. The first-order valence-electron chi connectivity index (χ1n) is 13.1. The Morgan fingerprint density at radius 2 is 2.15 bits per heavy atom. The molecule has 2 aliphatic heterocycles. The zero-order valence-corrected chi connectivity index (χ0v) is 22.8. The predicted molar refractivity (Wildman–Crippen MR) is 150 cm³/mol. The Hall–Kier alpha value is -3.83. The molecule has 39 heavy (non-hydrogen) atoms. The number of piperidine rings is 1. The molecule has 3 heterocycles. The maximum atomic E-state index is 13.4. The van der Waals surface area contributed by atoms with Crippen molar-refractivity contribution < 1.29 is 13.9 Å². The third-order valence-corrected chi connectivity index (χ3v) is 6.98. The fourth-order valence-electron chi connectivity index (χ4n) is 4.84. The summed E-state index contributed by atoms with van der Waals surface area (Å²) in [6, 6.07) is 9.80. The summed E-state index contributed by atoms with van der Waals surface area (Å²) in [5.41, 5.74) is 16.6. The Bertz CT molecular complexity index is 1270. The molecule has 4 rings (SSSR count). The molecule has 5 N–H and O–H groups in total. The van der Waals surface area contributed by atoms with Gasteiger partial charge in [-0.25, -0.2) is 14.8 Å². The van der Waals surface area contributed by atoms with Crippen LogP contribution in [0.4, 0.5) is 4.39 Å². The van der Waals surface area contributed by atoms with Crippen molar-refractivity contribution in [2.45, 2.75) is 57.8 Å². The number of amidine groups is 1. The van der Waals surface area contributed by atoms with E-state index < -0.39 is 11.7 Å². The van der Waals surface area contributed by atoms with Crippen molar-refractivity contribution in [1.29, 1.82) is 0 Å². The average molecular weight is 537 g/mol. The SMILES string of the molecule is C=C(F)C(=O)N1CCc2c(ccnc2-c2ccccc2CN=C(N=C(N)OC2CCC(C)(C)NC2)NNC)C1. The number of rotatable bonds is 6. The van der Waals surface area contributed by atoms with E-state index in [1.54, 1.807) is 13.2 Å². The molecule has 11 heteroatoms. The fourth-order valence-corrected chi connectivity index (χ4v) is 4.84. The van der Waals surface area contributed by atoms with Gasteiger partial charge in [-0.2, -0.15) is 4.99 Å². The van der Waals surface area contributed by atoms with Crippen LogP contribution in [0.2, 0.25) is 0 Å². The molecule has 1 amide bonds. The number of aromatic nitrogens is 1. The molecule has 208 valence electrons. The molecule has 0 saturated carbocycles. The highest BCUT2D eigenvalue weighted by molar-refractivity contribution is 5.92. The van der Waals surface area contributed by atoms with Gasteiger partial charge >= 0.3 is 0 Å². The number of carbonyl (C=O) groups is 1. The number of nitrogens with zero attached hydrogens (tertiary/aromatic N) is 4. The van der Waals surface area contributed by atoms with Gasteiger partial charge in [0.05, 0.1) is 12.2 Å².